The Morgan fingerprint density at radius 2 is 1.93 bits per heavy atom. The van der Waals surface area contributed by atoms with Crippen molar-refractivity contribution in [3.8, 4) is 11.6 Å². The summed E-state index contributed by atoms with van der Waals surface area (Å²) in [5, 5.41) is 0.381. The third-order valence-electron chi connectivity index (χ3n) is 1.99. The lowest BCUT2D eigenvalue weighted by molar-refractivity contribution is 0.396. The van der Waals surface area contributed by atoms with Crippen LogP contribution in [0.15, 0.2) is 18.2 Å². The van der Waals surface area contributed by atoms with Gasteiger partial charge in [0.25, 0.3) is 0 Å². The molecule has 2 aromatic rings. The highest BCUT2D eigenvalue weighted by Crippen LogP contribution is 2.27. The number of pyridine rings is 2. The predicted octanol–water partition coefficient (Wildman–Crippen LogP) is 2.30. The molecule has 2 heterocycles. The molecule has 2 rings (SSSR count). The van der Waals surface area contributed by atoms with Crippen molar-refractivity contribution < 1.29 is 9.47 Å². The summed E-state index contributed by atoms with van der Waals surface area (Å²) in [4.78, 5) is 8.36. The largest absolute Gasteiger partial charge is 0.494 e. The van der Waals surface area contributed by atoms with Crippen molar-refractivity contribution in [3.63, 3.8) is 0 Å². The highest BCUT2D eigenvalue weighted by Gasteiger charge is 2.07. The van der Waals surface area contributed by atoms with Crippen molar-refractivity contribution in [1.29, 1.82) is 0 Å². The third-order valence-corrected chi connectivity index (χ3v) is 2.18. The van der Waals surface area contributed by atoms with Crippen LogP contribution in [0.25, 0.3) is 11.0 Å². The fraction of sp³-hybridized carbons (Fsp3) is 0.200. The quantitative estimate of drug-likeness (QED) is 0.735. The van der Waals surface area contributed by atoms with Crippen LogP contribution in [0.3, 0.4) is 0 Å². The van der Waals surface area contributed by atoms with E-state index in [-0.39, 0.29) is 0 Å². The number of nitrogens with zero attached hydrogens (tertiary/aromatic N) is 2. The molecular formula is C10H9ClN2O2. The fourth-order valence-corrected chi connectivity index (χ4v) is 1.49. The molecule has 78 valence electrons. The highest BCUT2D eigenvalue weighted by molar-refractivity contribution is 6.30. The molecule has 0 saturated heterocycles. The number of methoxy groups -OCH3 is 2. The molecule has 0 aliphatic carbocycles. The number of fused-ring (bicyclic) bond motifs is 1. The molecule has 0 spiro atoms. The molecule has 0 bridgehead atoms. The Kier molecular flexibility index (Phi) is 2.60. The van der Waals surface area contributed by atoms with E-state index in [0.29, 0.717) is 27.8 Å². The first-order valence-electron chi connectivity index (χ1n) is 4.30. The summed E-state index contributed by atoms with van der Waals surface area (Å²) in [7, 11) is 3.12. The van der Waals surface area contributed by atoms with E-state index in [0.717, 1.165) is 0 Å². The van der Waals surface area contributed by atoms with Crippen LogP contribution in [-0.2, 0) is 0 Å². The van der Waals surface area contributed by atoms with Crippen LogP contribution >= 0.6 is 11.6 Å². The summed E-state index contributed by atoms with van der Waals surface area (Å²) in [6.07, 6.45) is 0. The van der Waals surface area contributed by atoms with Crippen LogP contribution in [0.5, 0.6) is 11.6 Å². The van der Waals surface area contributed by atoms with Gasteiger partial charge in [-0.25, -0.2) is 9.97 Å². The standard InChI is InChI=1S/C10H9ClN2O2/c1-14-7-5-8(11)12-6-3-4-9(15-2)13-10(6)7/h3-5H,1-2H3. The van der Waals surface area contributed by atoms with Gasteiger partial charge in [-0.05, 0) is 6.07 Å². The van der Waals surface area contributed by atoms with Crippen LogP contribution in [0, 0.1) is 0 Å². The minimum Gasteiger partial charge on any atom is -0.494 e. The average molecular weight is 225 g/mol. The smallest absolute Gasteiger partial charge is 0.213 e. The summed E-state index contributed by atoms with van der Waals surface area (Å²) in [5.74, 6) is 1.11. The van der Waals surface area contributed by atoms with Crippen molar-refractivity contribution in [2.45, 2.75) is 0 Å². The molecule has 0 aliphatic rings. The molecule has 15 heavy (non-hydrogen) atoms. The van der Waals surface area contributed by atoms with Gasteiger partial charge in [0.15, 0.2) is 0 Å². The first kappa shape index (κ1) is 9.98. The highest BCUT2D eigenvalue weighted by atomic mass is 35.5. The van der Waals surface area contributed by atoms with Gasteiger partial charge in [-0.3, -0.25) is 0 Å². The lowest BCUT2D eigenvalue weighted by Gasteiger charge is -2.06. The molecule has 4 nitrogen and oxygen atoms in total. The molecule has 0 unspecified atom stereocenters. The van der Waals surface area contributed by atoms with Gasteiger partial charge in [0.05, 0.1) is 19.7 Å². The summed E-state index contributed by atoms with van der Waals surface area (Å²) in [6.45, 7) is 0. The van der Waals surface area contributed by atoms with Crippen molar-refractivity contribution in [3.05, 3.63) is 23.4 Å². The fourth-order valence-electron chi connectivity index (χ4n) is 1.30. The molecule has 0 atom stereocenters. The number of hydrogen-bond donors (Lipinski definition) is 0. The summed E-state index contributed by atoms with van der Waals surface area (Å²) in [6, 6.07) is 5.14. The predicted molar refractivity (Wildman–Crippen MR) is 57.7 cm³/mol. The summed E-state index contributed by atoms with van der Waals surface area (Å²) < 4.78 is 10.2. The number of rotatable bonds is 2. The molecule has 0 radical (unpaired) electrons. The van der Waals surface area contributed by atoms with Gasteiger partial charge in [-0.2, -0.15) is 0 Å². The van der Waals surface area contributed by atoms with E-state index in [4.69, 9.17) is 21.1 Å². The number of halogens is 1. The topological polar surface area (TPSA) is 44.2 Å². The van der Waals surface area contributed by atoms with Gasteiger partial charge in [0, 0.05) is 12.1 Å². The van der Waals surface area contributed by atoms with Gasteiger partial charge in [-0.15, -0.1) is 0 Å². The van der Waals surface area contributed by atoms with Crippen LogP contribution in [0.2, 0.25) is 5.15 Å². The Labute approximate surface area is 91.8 Å². The molecule has 2 aromatic heterocycles. The van der Waals surface area contributed by atoms with Gasteiger partial charge >= 0.3 is 0 Å². The Hall–Kier alpha value is -1.55. The van der Waals surface area contributed by atoms with Crippen LogP contribution in [-0.4, -0.2) is 24.2 Å². The lowest BCUT2D eigenvalue weighted by Crippen LogP contribution is -1.93. The van der Waals surface area contributed by atoms with Gasteiger partial charge in [-0.1, -0.05) is 11.6 Å². The minimum absolute atomic E-state index is 0.381. The molecule has 0 N–H and O–H groups in total. The molecule has 5 heteroatoms. The third kappa shape index (κ3) is 1.80. The first-order chi connectivity index (χ1) is 7.24. The van der Waals surface area contributed by atoms with E-state index in [1.165, 1.54) is 0 Å². The zero-order valence-corrected chi connectivity index (χ0v) is 9.08. The van der Waals surface area contributed by atoms with Crippen molar-refractivity contribution in [1.82, 2.24) is 9.97 Å². The maximum absolute atomic E-state index is 5.83. The molecule has 0 fully saturated rings. The maximum Gasteiger partial charge on any atom is 0.213 e. The monoisotopic (exact) mass is 224 g/mol. The van der Waals surface area contributed by atoms with E-state index >= 15 is 0 Å². The average Bonchev–Trinajstić information content (AvgIpc) is 2.27. The van der Waals surface area contributed by atoms with Gasteiger partial charge in [0.1, 0.15) is 16.4 Å². The van der Waals surface area contributed by atoms with Crippen LogP contribution in [0.1, 0.15) is 0 Å². The van der Waals surface area contributed by atoms with E-state index < -0.39 is 0 Å². The second-order valence-corrected chi connectivity index (χ2v) is 3.26. The lowest BCUT2D eigenvalue weighted by atomic mass is 10.3. The van der Waals surface area contributed by atoms with Crippen molar-refractivity contribution in [2.24, 2.45) is 0 Å². The van der Waals surface area contributed by atoms with Crippen molar-refractivity contribution in [2.75, 3.05) is 14.2 Å². The number of aromatic nitrogens is 2. The Bertz CT molecular complexity index is 502. The maximum atomic E-state index is 5.83. The Balaban J connectivity index is 2.73. The second-order valence-electron chi connectivity index (χ2n) is 2.87. The van der Waals surface area contributed by atoms with E-state index in [1.54, 1.807) is 32.4 Å². The van der Waals surface area contributed by atoms with Crippen molar-refractivity contribution >= 4 is 22.6 Å². The van der Waals surface area contributed by atoms with Gasteiger partial charge < -0.3 is 9.47 Å². The number of hydrogen-bond acceptors (Lipinski definition) is 4. The zero-order chi connectivity index (χ0) is 10.8. The molecule has 0 aliphatic heterocycles. The minimum atomic E-state index is 0.381. The summed E-state index contributed by atoms with van der Waals surface area (Å²) >= 11 is 5.83. The Morgan fingerprint density at radius 3 is 2.60 bits per heavy atom. The summed E-state index contributed by atoms with van der Waals surface area (Å²) in [5.41, 5.74) is 1.32. The Morgan fingerprint density at radius 1 is 1.13 bits per heavy atom. The van der Waals surface area contributed by atoms with Gasteiger partial charge in [0.2, 0.25) is 5.88 Å². The number of ether oxygens (including phenoxy) is 2. The normalized spacial score (nSPS) is 10.3. The first-order valence-corrected chi connectivity index (χ1v) is 4.67. The zero-order valence-electron chi connectivity index (χ0n) is 8.32. The van der Waals surface area contributed by atoms with E-state index in [2.05, 4.69) is 9.97 Å². The molecule has 0 aromatic carbocycles. The molecular weight excluding hydrogens is 216 g/mol. The van der Waals surface area contributed by atoms with Crippen LogP contribution < -0.4 is 9.47 Å². The second kappa shape index (κ2) is 3.90. The van der Waals surface area contributed by atoms with E-state index in [9.17, 15) is 0 Å². The molecule has 0 amide bonds. The van der Waals surface area contributed by atoms with Crippen LogP contribution in [0.4, 0.5) is 0 Å². The SMILES string of the molecule is COc1ccc2nc(Cl)cc(OC)c2n1. The van der Waals surface area contributed by atoms with E-state index in [1.807, 2.05) is 0 Å². The molecule has 0 saturated carbocycles.